The van der Waals surface area contributed by atoms with E-state index < -0.39 is 17.4 Å². The van der Waals surface area contributed by atoms with Gasteiger partial charge in [-0.2, -0.15) is 0 Å². The Morgan fingerprint density at radius 2 is 1.00 bits per heavy atom. The Labute approximate surface area is 142 Å². The molecule has 0 rings (SSSR count). The van der Waals surface area contributed by atoms with Crippen LogP contribution in [-0.4, -0.2) is 26.2 Å². The summed E-state index contributed by atoms with van der Waals surface area (Å²) in [4.78, 5) is 24.7. The molecule has 0 saturated carbocycles. The van der Waals surface area contributed by atoms with E-state index in [2.05, 4.69) is 13.8 Å². The van der Waals surface area contributed by atoms with Crippen molar-refractivity contribution in [3.63, 3.8) is 0 Å². The van der Waals surface area contributed by atoms with E-state index in [1.165, 1.54) is 39.9 Å². The van der Waals surface area contributed by atoms with Crippen LogP contribution in [0.2, 0.25) is 0 Å². The average molecular weight is 328 g/mol. The van der Waals surface area contributed by atoms with Gasteiger partial charge < -0.3 is 9.47 Å². The van der Waals surface area contributed by atoms with Gasteiger partial charge in [0.05, 0.1) is 14.2 Å². The van der Waals surface area contributed by atoms with Crippen molar-refractivity contribution < 1.29 is 19.1 Å². The highest BCUT2D eigenvalue weighted by Gasteiger charge is 2.47. The maximum Gasteiger partial charge on any atom is 0.323 e. The third-order valence-electron chi connectivity index (χ3n) is 4.57. The molecule has 0 fully saturated rings. The van der Waals surface area contributed by atoms with E-state index in [0.29, 0.717) is 12.8 Å². The average Bonchev–Trinajstić information content (AvgIpc) is 2.58. The lowest BCUT2D eigenvalue weighted by molar-refractivity contribution is -0.170. The Hall–Kier alpha value is -1.06. The van der Waals surface area contributed by atoms with Crippen molar-refractivity contribution in [3.8, 4) is 0 Å². The molecular weight excluding hydrogens is 292 g/mol. The molecule has 0 aromatic heterocycles. The summed E-state index contributed by atoms with van der Waals surface area (Å²) in [6.07, 6.45) is 11.9. The van der Waals surface area contributed by atoms with Crippen LogP contribution >= 0.6 is 0 Å². The van der Waals surface area contributed by atoms with Gasteiger partial charge in [0.15, 0.2) is 5.41 Å². The van der Waals surface area contributed by atoms with Crippen LogP contribution in [0.15, 0.2) is 0 Å². The minimum absolute atomic E-state index is 0.435. The molecule has 0 heterocycles. The normalized spacial score (nSPS) is 11.3. The number of rotatable bonds is 14. The van der Waals surface area contributed by atoms with Gasteiger partial charge in [0, 0.05) is 0 Å². The highest BCUT2D eigenvalue weighted by molar-refractivity contribution is 5.99. The molecule has 0 aliphatic rings. The molecule has 0 atom stereocenters. The molecule has 0 saturated heterocycles. The van der Waals surface area contributed by atoms with Crippen molar-refractivity contribution in [2.45, 2.75) is 90.9 Å². The molecule has 0 aromatic carbocycles. The fourth-order valence-corrected chi connectivity index (χ4v) is 3.07. The Morgan fingerprint density at radius 3 is 1.30 bits per heavy atom. The lowest BCUT2D eigenvalue weighted by Crippen LogP contribution is -2.41. The molecule has 0 unspecified atom stereocenters. The topological polar surface area (TPSA) is 52.6 Å². The van der Waals surface area contributed by atoms with Gasteiger partial charge in [-0.25, -0.2) is 0 Å². The summed E-state index contributed by atoms with van der Waals surface area (Å²) in [7, 11) is 2.71. The first-order valence-electron chi connectivity index (χ1n) is 9.25. The molecule has 0 spiro atoms. The van der Waals surface area contributed by atoms with Gasteiger partial charge in [-0.3, -0.25) is 9.59 Å². The fourth-order valence-electron chi connectivity index (χ4n) is 3.07. The van der Waals surface area contributed by atoms with Gasteiger partial charge >= 0.3 is 11.9 Å². The van der Waals surface area contributed by atoms with Gasteiger partial charge in [-0.05, 0) is 12.8 Å². The standard InChI is InChI=1S/C19H36O4/c1-5-7-9-11-13-15-19(17(20)22-3,18(21)23-4)16-14-12-10-8-6-2/h5-16H2,1-4H3. The van der Waals surface area contributed by atoms with Crippen molar-refractivity contribution in [2.75, 3.05) is 14.2 Å². The van der Waals surface area contributed by atoms with Gasteiger partial charge in [-0.15, -0.1) is 0 Å². The van der Waals surface area contributed by atoms with Gasteiger partial charge in [0.25, 0.3) is 0 Å². The smallest absolute Gasteiger partial charge is 0.323 e. The highest BCUT2D eigenvalue weighted by Crippen LogP contribution is 2.35. The van der Waals surface area contributed by atoms with Crippen LogP contribution in [0.3, 0.4) is 0 Å². The summed E-state index contributed by atoms with van der Waals surface area (Å²) in [6.45, 7) is 4.34. The second-order valence-electron chi connectivity index (χ2n) is 6.39. The second-order valence-corrected chi connectivity index (χ2v) is 6.39. The van der Waals surface area contributed by atoms with E-state index in [1.54, 1.807) is 0 Å². The molecule has 0 N–H and O–H groups in total. The summed E-state index contributed by atoms with van der Waals surface area (Å²) in [5, 5.41) is 0. The van der Waals surface area contributed by atoms with Crippen LogP contribution in [0, 0.1) is 5.41 Å². The predicted molar refractivity (Wildman–Crippen MR) is 93.2 cm³/mol. The molecule has 0 bridgehead atoms. The SMILES string of the molecule is CCCCCCCC(CCCCCCC)(C(=O)OC)C(=O)OC. The van der Waals surface area contributed by atoms with Gasteiger partial charge in [0.1, 0.15) is 0 Å². The van der Waals surface area contributed by atoms with Gasteiger partial charge in [-0.1, -0.05) is 78.1 Å². The Bertz CT molecular complexity index is 293. The van der Waals surface area contributed by atoms with E-state index in [4.69, 9.17) is 9.47 Å². The molecule has 4 heteroatoms. The maximum atomic E-state index is 12.4. The molecule has 136 valence electrons. The van der Waals surface area contributed by atoms with E-state index in [1.807, 2.05) is 0 Å². The first-order chi connectivity index (χ1) is 11.1. The monoisotopic (exact) mass is 328 g/mol. The number of carbonyl (C=O) groups is 2. The van der Waals surface area contributed by atoms with Crippen LogP contribution in [0.25, 0.3) is 0 Å². The number of carbonyl (C=O) groups excluding carboxylic acids is 2. The molecule has 0 aliphatic heterocycles. The number of hydrogen-bond acceptors (Lipinski definition) is 4. The Kier molecular flexibility index (Phi) is 12.8. The molecule has 0 radical (unpaired) electrons. The number of hydrogen-bond donors (Lipinski definition) is 0. The molecule has 0 aliphatic carbocycles. The first-order valence-corrected chi connectivity index (χ1v) is 9.25. The fraction of sp³-hybridized carbons (Fsp3) is 0.895. The summed E-state index contributed by atoms with van der Waals surface area (Å²) < 4.78 is 9.91. The van der Waals surface area contributed by atoms with Crippen LogP contribution in [0.1, 0.15) is 90.9 Å². The maximum absolute atomic E-state index is 12.4. The van der Waals surface area contributed by atoms with Crippen molar-refractivity contribution in [1.82, 2.24) is 0 Å². The predicted octanol–water partition coefficient (Wildman–Crippen LogP) is 5.04. The lowest BCUT2D eigenvalue weighted by atomic mass is 9.77. The van der Waals surface area contributed by atoms with Crippen molar-refractivity contribution in [2.24, 2.45) is 5.41 Å². The van der Waals surface area contributed by atoms with Crippen molar-refractivity contribution >= 4 is 11.9 Å². The molecule has 23 heavy (non-hydrogen) atoms. The minimum Gasteiger partial charge on any atom is -0.468 e. The van der Waals surface area contributed by atoms with Crippen LogP contribution in [0.5, 0.6) is 0 Å². The van der Waals surface area contributed by atoms with Crippen molar-refractivity contribution in [1.29, 1.82) is 0 Å². The Balaban J connectivity index is 4.75. The minimum atomic E-state index is -1.11. The molecule has 0 amide bonds. The molecule has 0 aromatic rings. The van der Waals surface area contributed by atoms with Crippen LogP contribution in [-0.2, 0) is 19.1 Å². The lowest BCUT2D eigenvalue weighted by Gasteiger charge is -2.28. The summed E-state index contributed by atoms with van der Waals surface area (Å²) >= 11 is 0. The zero-order valence-corrected chi connectivity index (χ0v) is 15.6. The Morgan fingerprint density at radius 1 is 0.652 bits per heavy atom. The largest absolute Gasteiger partial charge is 0.468 e. The first kappa shape index (κ1) is 21.9. The second kappa shape index (κ2) is 13.4. The number of methoxy groups -OCH3 is 2. The van der Waals surface area contributed by atoms with E-state index >= 15 is 0 Å². The number of ether oxygens (including phenoxy) is 2. The van der Waals surface area contributed by atoms with Gasteiger partial charge in [0.2, 0.25) is 0 Å². The number of unbranched alkanes of at least 4 members (excludes halogenated alkanes) is 8. The van der Waals surface area contributed by atoms with Crippen LogP contribution < -0.4 is 0 Å². The highest BCUT2D eigenvalue weighted by atomic mass is 16.5. The van der Waals surface area contributed by atoms with E-state index in [0.717, 1.165) is 38.5 Å². The molecular formula is C19H36O4. The molecule has 4 nitrogen and oxygen atoms in total. The zero-order valence-electron chi connectivity index (χ0n) is 15.6. The summed E-state index contributed by atoms with van der Waals surface area (Å²) in [6, 6.07) is 0. The van der Waals surface area contributed by atoms with Crippen molar-refractivity contribution in [3.05, 3.63) is 0 Å². The summed E-state index contributed by atoms with van der Waals surface area (Å²) in [5.74, 6) is -0.870. The summed E-state index contributed by atoms with van der Waals surface area (Å²) in [5.41, 5.74) is -1.11. The van der Waals surface area contributed by atoms with E-state index in [9.17, 15) is 9.59 Å². The third-order valence-corrected chi connectivity index (χ3v) is 4.57. The third kappa shape index (κ3) is 7.85. The van der Waals surface area contributed by atoms with Crippen LogP contribution in [0.4, 0.5) is 0 Å². The quantitative estimate of drug-likeness (QED) is 0.255. The van der Waals surface area contributed by atoms with E-state index in [-0.39, 0.29) is 0 Å². The number of esters is 2. The zero-order chi connectivity index (χ0) is 17.6.